The maximum atomic E-state index is 5.20. The first-order chi connectivity index (χ1) is 13.3. The minimum absolute atomic E-state index is 0.425. The fourth-order valence-corrected chi connectivity index (χ4v) is 3.69. The third-order valence-electron chi connectivity index (χ3n) is 5.12. The number of rotatable bonds is 5. The molecule has 1 aromatic carbocycles. The van der Waals surface area contributed by atoms with Gasteiger partial charge in [0.25, 0.3) is 0 Å². The molecule has 5 nitrogen and oxygen atoms in total. The summed E-state index contributed by atoms with van der Waals surface area (Å²) in [7, 11) is 1.67. The van der Waals surface area contributed by atoms with Crippen LogP contribution in [0.4, 0.5) is 0 Å². The molecular formula is C22H24N4O. The molecule has 1 atom stereocenters. The van der Waals surface area contributed by atoms with E-state index in [0.717, 1.165) is 35.8 Å². The van der Waals surface area contributed by atoms with Crippen molar-refractivity contribution in [2.45, 2.75) is 31.8 Å². The third-order valence-corrected chi connectivity index (χ3v) is 5.12. The summed E-state index contributed by atoms with van der Waals surface area (Å²) >= 11 is 0. The second-order valence-electron chi connectivity index (χ2n) is 6.91. The van der Waals surface area contributed by atoms with Gasteiger partial charge in [-0.15, -0.1) is 0 Å². The molecule has 3 aromatic rings. The van der Waals surface area contributed by atoms with E-state index in [1.54, 1.807) is 7.11 Å². The van der Waals surface area contributed by atoms with Crippen LogP contribution in [-0.2, 0) is 6.54 Å². The molecule has 1 fully saturated rings. The van der Waals surface area contributed by atoms with Crippen LogP contribution in [0.3, 0.4) is 0 Å². The van der Waals surface area contributed by atoms with E-state index in [2.05, 4.69) is 25.9 Å². The maximum Gasteiger partial charge on any atom is 0.159 e. The van der Waals surface area contributed by atoms with Gasteiger partial charge in [-0.3, -0.25) is 9.88 Å². The van der Waals surface area contributed by atoms with Gasteiger partial charge in [0, 0.05) is 48.5 Å². The van der Waals surface area contributed by atoms with Crippen molar-refractivity contribution in [1.82, 2.24) is 19.9 Å². The molecule has 27 heavy (non-hydrogen) atoms. The summed E-state index contributed by atoms with van der Waals surface area (Å²) < 4.78 is 5.20. The number of piperidine rings is 1. The molecule has 5 heteroatoms. The number of nitrogens with zero attached hydrogens (tertiary/aromatic N) is 4. The van der Waals surface area contributed by atoms with Crippen LogP contribution in [0.15, 0.2) is 61.2 Å². The SMILES string of the molecule is COc1ccc(-c2ncc(CN3CCCCC3c3cccnc3)cn2)cc1. The molecule has 0 amide bonds. The maximum absolute atomic E-state index is 5.20. The van der Waals surface area contributed by atoms with E-state index in [4.69, 9.17) is 4.74 Å². The first-order valence-electron chi connectivity index (χ1n) is 9.43. The van der Waals surface area contributed by atoms with E-state index in [9.17, 15) is 0 Å². The lowest BCUT2D eigenvalue weighted by Gasteiger charge is -2.35. The van der Waals surface area contributed by atoms with Crippen molar-refractivity contribution in [1.29, 1.82) is 0 Å². The van der Waals surface area contributed by atoms with Gasteiger partial charge < -0.3 is 4.74 Å². The quantitative estimate of drug-likeness (QED) is 0.680. The molecule has 0 N–H and O–H groups in total. The van der Waals surface area contributed by atoms with Crippen molar-refractivity contribution < 1.29 is 4.74 Å². The van der Waals surface area contributed by atoms with Gasteiger partial charge >= 0.3 is 0 Å². The monoisotopic (exact) mass is 360 g/mol. The second kappa shape index (κ2) is 8.27. The van der Waals surface area contributed by atoms with Crippen LogP contribution in [-0.4, -0.2) is 33.5 Å². The van der Waals surface area contributed by atoms with Crippen LogP contribution in [0.5, 0.6) is 5.75 Å². The largest absolute Gasteiger partial charge is 0.497 e. The van der Waals surface area contributed by atoms with Gasteiger partial charge in [-0.25, -0.2) is 9.97 Å². The number of hydrogen-bond donors (Lipinski definition) is 0. The summed E-state index contributed by atoms with van der Waals surface area (Å²) in [5.41, 5.74) is 3.43. The Bertz CT molecular complexity index is 850. The molecule has 4 rings (SSSR count). The smallest absolute Gasteiger partial charge is 0.159 e. The lowest BCUT2D eigenvalue weighted by atomic mass is 9.96. The van der Waals surface area contributed by atoms with Gasteiger partial charge in [-0.2, -0.15) is 0 Å². The van der Waals surface area contributed by atoms with Crippen molar-refractivity contribution in [2.75, 3.05) is 13.7 Å². The van der Waals surface area contributed by atoms with E-state index in [1.807, 2.05) is 55.1 Å². The van der Waals surface area contributed by atoms with Crippen molar-refractivity contribution >= 4 is 0 Å². The van der Waals surface area contributed by atoms with Crippen molar-refractivity contribution in [2.24, 2.45) is 0 Å². The number of likely N-dealkylation sites (tertiary alicyclic amines) is 1. The fourth-order valence-electron chi connectivity index (χ4n) is 3.69. The average Bonchev–Trinajstić information content (AvgIpc) is 2.75. The summed E-state index contributed by atoms with van der Waals surface area (Å²) in [4.78, 5) is 16.0. The minimum Gasteiger partial charge on any atom is -0.497 e. The topological polar surface area (TPSA) is 51.1 Å². The first kappa shape index (κ1) is 17.6. The molecule has 1 aliphatic rings. The highest BCUT2D eigenvalue weighted by Gasteiger charge is 2.24. The Morgan fingerprint density at radius 1 is 1.04 bits per heavy atom. The molecule has 0 bridgehead atoms. The van der Waals surface area contributed by atoms with Crippen LogP contribution in [0, 0.1) is 0 Å². The second-order valence-corrected chi connectivity index (χ2v) is 6.91. The lowest BCUT2D eigenvalue weighted by Crippen LogP contribution is -2.33. The molecule has 1 saturated heterocycles. The molecule has 1 aliphatic heterocycles. The molecule has 1 unspecified atom stereocenters. The molecule has 138 valence electrons. The highest BCUT2D eigenvalue weighted by Crippen LogP contribution is 2.31. The highest BCUT2D eigenvalue weighted by molar-refractivity contribution is 5.55. The van der Waals surface area contributed by atoms with Gasteiger partial charge in [0.1, 0.15) is 5.75 Å². The van der Waals surface area contributed by atoms with E-state index in [-0.39, 0.29) is 0 Å². The van der Waals surface area contributed by atoms with Crippen LogP contribution in [0.1, 0.15) is 36.4 Å². The zero-order valence-electron chi connectivity index (χ0n) is 15.6. The van der Waals surface area contributed by atoms with Crippen molar-refractivity contribution in [3.8, 4) is 17.1 Å². The van der Waals surface area contributed by atoms with Gasteiger partial charge in [-0.05, 0) is 55.3 Å². The Labute approximate surface area is 160 Å². The van der Waals surface area contributed by atoms with Gasteiger partial charge in [0.05, 0.1) is 7.11 Å². The summed E-state index contributed by atoms with van der Waals surface area (Å²) in [6.07, 6.45) is 11.4. The summed E-state index contributed by atoms with van der Waals surface area (Å²) in [6.45, 7) is 1.96. The Morgan fingerprint density at radius 2 is 1.85 bits per heavy atom. The van der Waals surface area contributed by atoms with Crippen molar-refractivity contribution in [3.05, 3.63) is 72.3 Å². The number of methoxy groups -OCH3 is 1. The van der Waals surface area contributed by atoms with Crippen molar-refractivity contribution in [3.63, 3.8) is 0 Å². The molecule has 0 radical (unpaired) electrons. The standard InChI is InChI=1S/C22H24N4O/c1-27-20-9-7-18(8-10-20)22-24-13-17(14-25-22)16-26-12-3-2-6-21(26)19-5-4-11-23-15-19/h4-5,7-11,13-15,21H,2-3,6,12,16H2,1H3. The Morgan fingerprint density at radius 3 is 2.56 bits per heavy atom. The molecule has 0 aliphatic carbocycles. The van der Waals surface area contributed by atoms with Crippen LogP contribution in [0.2, 0.25) is 0 Å². The van der Waals surface area contributed by atoms with E-state index < -0.39 is 0 Å². The molecule has 0 saturated carbocycles. The number of hydrogen-bond acceptors (Lipinski definition) is 5. The van der Waals surface area contributed by atoms with Gasteiger partial charge in [-0.1, -0.05) is 12.5 Å². The zero-order valence-corrected chi connectivity index (χ0v) is 15.6. The molecule has 2 aromatic heterocycles. The first-order valence-corrected chi connectivity index (χ1v) is 9.43. The summed E-state index contributed by atoms with van der Waals surface area (Å²) in [5, 5.41) is 0. The fraction of sp³-hybridized carbons (Fsp3) is 0.318. The predicted octanol–water partition coefficient (Wildman–Crippen LogP) is 4.27. The van der Waals surface area contributed by atoms with Crippen LogP contribution < -0.4 is 4.74 Å². The average molecular weight is 360 g/mol. The Kier molecular flexibility index (Phi) is 5.39. The molecule has 0 spiro atoms. The van der Waals surface area contributed by atoms with Crippen LogP contribution >= 0.6 is 0 Å². The number of ether oxygens (including phenoxy) is 1. The van der Waals surface area contributed by atoms with E-state index in [0.29, 0.717) is 6.04 Å². The van der Waals surface area contributed by atoms with E-state index >= 15 is 0 Å². The Balaban J connectivity index is 1.48. The Hall–Kier alpha value is -2.79. The summed E-state index contributed by atoms with van der Waals surface area (Å²) in [6, 6.07) is 12.5. The molecule has 3 heterocycles. The minimum atomic E-state index is 0.425. The number of aromatic nitrogens is 3. The van der Waals surface area contributed by atoms with Gasteiger partial charge in [0.2, 0.25) is 0 Å². The van der Waals surface area contributed by atoms with E-state index in [1.165, 1.54) is 24.8 Å². The lowest BCUT2D eigenvalue weighted by molar-refractivity contribution is 0.140. The third kappa shape index (κ3) is 4.14. The molecular weight excluding hydrogens is 336 g/mol. The number of benzene rings is 1. The normalized spacial score (nSPS) is 17.6. The zero-order chi connectivity index (χ0) is 18.5. The predicted molar refractivity (Wildman–Crippen MR) is 105 cm³/mol. The summed E-state index contributed by atoms with van der Waals surface area (Å²) in [5.74, 6) is 1.57. The number of pyridine rings is 1. The highest BCUT2D eigenvalue weighted by atomic mass is 16.5. The van der Waals surface area contributed by atoms with Gasteiger partial charge in [0.15, 0.2) is 5.82 Å². The van der Waals surface area contributed by atoms with Crippen LogP contribution in [0.25, 0.3) is 11.4 Å².